The van der Waals surface area contributed by atoms with Crippen molar-refractivity contribution in [1.29, 1.82) is 0 Å². The van der Waals surface area contributed by atoms with Crippen molar-refractivity contribution < 1.29 is 23.7 Å². The number of ether oxygens (including phenoxy) is 2. The standard InChI is InChI=1S/C22H34N6O4S/c1-21(2,3)33-28-26-25-19(27(28)13-12-18(29)31-6)17(24-20(30)22(4,5)23)15-32-14-16-10-8-7-9-11-16/h7-11,17H,12-15,23H2,1-6H3/p+1/t17-/m1/s1. The molecular weight excluding hydrogens is 444 g/mol. The lowest BCUT2D eigenvalue weighted by Gasteiger charge is -2.22. The predicted octanol–water partition coefficient (Wildman–Crippen LogP) is 1.53. The van der Waals surface area contributed by atoms with Crippen LogP contribution >= 0.6 is 11.9 Å². The molecule has 0 saturated heterocycles. The summed E-state index contributed by atoms with van der Waals surface area (Å²) in [6, 6.07) is 9.10. The molecular formula is C22H35N6O4S+. The van der Waals surface area contributed by atoms with Gasteiger partial charge in [0.15, 0.2) is 5.21 Å². The maximum absolute atomic E-state index is 12.7. The van der Waals surface area contributed by atoms with Crippen LogP contribution in [0, 0.1) is 0 Å². The quantitative estimate of drug-likeness (QED) is 0.367. The van der Waals surface area contributed by atoms with Gasteiger partial charge in [0.2, 0.25) is 5.91 Å². The number of nitrogens with one attached hydrogen (secondary N) is 1. The van der Waals surface area contributed by atoms with Crippen LogP contribution < -0.4 is 15.7 Å². The fourth-order valence-corrected chi connectivity index (χ4v) is 3.55. The number of methoxy groups -OCH3 is 1. The summed E-state index contributed by atoms with van der Waals surface area (Å²) < 4.78 is 13.9. The molecule has 0 bridgehead atoms. The zero-order valence-electron chi connectivity index (χ0n) is 20.2. The van der Waals surface area contributed by atoms with Crippen LogP contribution in [0.1, 0.15) is 58.5 Å². The minimum Gasteiger partial charge on any atom is -0.469 e. The van der Waals surface area contributed by atoms with Gasteiger partial charge in [-0.1, -0.05) is 30.3 Å². The van der Waals surface area contributed by atoms with Crippen molar-refractivity contribution in [2.45, 2.75) is 70.5 Å². The molecule has 2 aromatic rings. The van der Waals surface area contributed by atoms with Crippen molar-refractivity contribution in [3.8, 4) is 0 Å². The lowest BCUT2D eigenvalue weighted by atomic mass is 10.1. The van der Waals surface area contributed by atoms with Gasteiger partial charge in [0, 0.05) is 20.9 Å². The molecule has 0 saturated carbocycles. The summed E-state index contributed by atoms with van der Waals surface area (Å²) in [4.78, 5) is 24.5. The SMILES string of the molecule is COC(=O)CC[n+]1c([C@@H](COCc2ccccc2)NC(=O)C(C)(C)N)nnn1SC(C)(C)C. The molecule has 0 fully saturated rings. The monoisotopic (exact) mass is 479 g/mol. The molecule has 11 heteroatoms. The van der Waals surface area contributed by atoms with Crippen molar-refractivity contribution in [1.82, 2.24) is 19.8 Å². The fourth-order valence-electron chi connectivity index (χ4n) is 2.73. The van der Waals surface area contributed by atoms with Gasteiger partial charge in [-0.25, -0.2) is 0 Å². The zero-order chi connectivity index (χ0) is 24.6. The number of benzene rings is 1. The highest BCUT2D eigenvalue weighted by Gasteiger charge is 2.35. The zero-order valence-corrected chi connectivity index (χ0v) is 21.0. The summed E-state index contributed by atoms with van der Waals surface area (Å²) in [7, 11) is 1.34. The first-order chi connectivity index (χ1) is 15.4. The Morgan fingerprint density at radius 2 is 1.88 bits per heavy atom. The average Bonchev–Trinajstić information content (AvgIpc) is 3.11. The largest absolute Gasteiger partial charge is 0.469 e. The van der Waals surface area contributed by atoms with E-state index in [9.17, 15) is 9.59 Å². The second-order valence-corrected chi connectivity index (χ2v) is 10.9. The van der Waals surface area contributed by atoms with E-state index >= 15 is 0 Å². The molecule has 2 rings (SSSR count). The van der Waals surface area contributed by atoms with Crippen LogP contribution in [0.5, 0.6) is 0 Å². The van der Waals surface area contributed by atoms with E-state index in [0.717, 1.165) is 5.56 Å². The summed E-state index contributed by atoms with van der Waals surface area (Å²) in [6.45, 7) is 10.2. The van der Waals surface area contributed by atoms with Gasteiger partial charge < -0.3 is 20.5 Å². The number of rotatable bonds is 11. The molecule has 0 spiro atoms. The van der Waals surface area contributed by atoms with Gasteiger partial charge in [0.05, 0.1) is 32.3 Å². The van der Waals surface area contributed by atoms with E-state index < -0.39 is 11.6 Å². The smallest absolute Gasteiger partial charge is 0.326 e. The van der Waals surface area contributed by atoms with Gasteiger partial charge in [-0.05, 0) is 40.2 Å². The van der Waals surface area contributed by atoms with Crippen molar-refractivity contribution in [2.24, 2.45) is 5.73 Å². The first kappa shape index (κ1) is 26.7. The summed E-state index contributed by atoms with van der Waals surface area (Å²) in [5, 5.41) is 11.5. The number of carbonyl (C=O) groups excluding carboxylic acids is 2. The maximum Gasteiger partial charge on any atom is 0.326 e. The topological polar surface area (TPSA) is 125 Å². The number of carbonyl (C=O) groups is 2. The highest BCUT2D eigenvalue weighted by atomic mass is 32.2. The molecule has 1 atom stereocenters. The van der Waals surface area contributed by atoms with Crippen molar-refractivity contribution in [2.75, 3.05) is 13.7 Å². The number of esters is 1. The third kappa shape index (κ3) is 8.75. The molecule has 33 heavy (non-hydrogen) atoms. The van der Waals surface area contributed by atoms with Crippen molar-refractivity contribution >= 4 is 23.8 Å². The molecule has 0 aliphatic heterocycles. The van der Waals surface area contributed by atoms with E-state index in [0.29, 0.717) is 12.4 Å². The van der Waals surface area contributed by atoms with Crippen LogP contribution in [0.15, 0.2) is 30.3 Å². The molecule has 0 unspecified atom stereocenters. The molecule has 0 radical (unpaired) electrons. The van der Waals surface area contributed by atoms with Crippen LogP contribution in [-0.4, -0.2) is 50.4 Å². The Morgan fingerprint density at radius 1 is 1.21 bits per heavy atom. The van der Waals surface area contributed by atoms with Gasteiger partial charge in [-0.15, -0.1) is 4.68 Å². The number of nitrogens with zero attached hydrogens (tertiary/aromatic N) is 4. The minimum absolute atomic E-state index is 0.125. The second kappa shape index (κ2) is 11.6. The van der Waals surface area contributed by atoms with E-state index in [2.05, 4.69) is 15.6 Å². The number of amides is 1. The molecule has 1 aromatic heterocycles. The van der Waals surface area contributed by atoms with Gasteiger partial charge >= 0.3 is 11.8 Å². The Labute approximate surface area is 199 Å². The Hall–Kier alpha value is -2.50. The molecule has 1 heterocycles. The Morgan fingerprint density at radius 3 is 2.45 bits per heavy atom. The summed E-state index contributed by atoms with van der Waals surface area (Å²) in [6.07, 6.45) is 0.125. The van der Waals surface area contributed by atoms with Crippen LogP contribution in [0.3, 0.4) is 0 Å². The number of hydrogen-bond donors (Lipinski definition) is 2. The van der Waals surface area contributed by atoms with Gasteiger partial charge in [0.1, 0.15) is 17.7 Å². The number of hydrogen-bond acceptors (Lipinski definition) is 8. The highest BCUT2D eigenvalue weighted by molar-refractivity contribution is 7.98. The molecule has 0 aliphatic rings. The second-order valence-electron chi connectivity index (χ2n) is 9.20. The van der Waals surface area contributed by atoms with E-state index in [1.165, 1.54) is 19.1 Å². The first-order valence-corrected chi connectivity index (χ1v) is 11.5. The van der Waals surface area contributed by atoms with E-state index in [1.807, 2.05) is 51.1 Å². The van der Waals surface area contributed by atoms with Crippen LogP contribution in [0.2, 0.25) is 0 Å². The lowest BCUT2D eigenvalue weighted by molar-refractivity contribution is -0.770. The molecule has 1 aromatic carbocycles. The van der Waals surface area contributed by atoms with Gasteiger partial charge in [-0.3, -0.25) is 9.59 Å². The number of tetrazole rings is 1. The van der Waals surface area contributed by atoms with Gasteiger partial charge in [-0.2, -0.15) is 0 Å². The molecule has 182 valence electrons. The summed E-state index contributed by atoms with van der Waals surface area (Å²) >= 11 is 1.45. The maximum atomic E-state index is 12.7. The Bertz CT molecular complexity index is 921. The first-order valence-electron chi connectivity index (χ1n) is 10.7. The van der Waals surface area contributed by atoms with Crippen LogP contribution in [0.4, 0.5) is 0 Å². The predicted molar refractivity (Wildman–Crippen MR) is 125 cm³/mol. The number of aromatic nitrogens is 4. The van der Waals surface area contributed by atoms with E-state index in [4.69, 9.17) is 15.2 Å². The molecule has 10 nitrogen and oxygen atoms in total. The highest BCUT2D eigenvalue weighted by Crippen LogP contribution is 2.23. The van der Waals surface area contributed by atoms with Crippen molar-refractivity contribution in [3.63, 3.8) is 0 Å². The van der Waals surface area contributed by atoms with Gasteiger partial charge in [0.25, 0.3) is 0 Å². The average molecular weight is 480 g/mol. The third-order valence-corrected chi connectivity index (χ3v) is 5.39. The van der Waals surface area contributed by atoms with Crippen LogP contribution in [0.25, 0.3) is 0 Å². The normalized spacial score (nSPS) is 12.9. The summed E-state index contributed by atoms with van der Waals surface area (Å²) in [5.74, 6) is -0.249. The molecule has 3 N–H and O–H groups in total. The summed E-state index contributed by atoms with van der Waals surface area (Å²) in [5.41, 5.74) is 5.92. The van der Waals surface area contributed by atoms with Crippen LogP contribution in [-0.2, 0) is 32.2 Å². The lowest BCUT2D eigenvalue weighted by Crippen LogP contribution is -2.54. The fraction of sp³-hybridized carbons (Fsp3) is 0.591. The molecule has 0 aliphatic carbocycles. The van der Waals surface area contributed by atoms with Crippen molar-refractivity contribution in [3.05, 3.63) is 41.7 Å². The Kier molecular flexibility index (Phi) is 9.38. The van der Waals surface area contributed by atoms with E-state index in [-0.39, 0.29) is 36.2 Å². The molecule has 1 amide bonds. The van der Waals surface area contributed by atoms with E-state index in [1.54, 1.807) is 22.7 Å². The Balaban J connectivity index is 2.33. The minimum atomic E-state index is -1.09. The number of nitrogens with two attached hydrogens (primary N) is 1. The third-order valence-electron chi connectivity index (χ3n) is 4.40.